The van der Waals surface area contributed by atoms with Crippen LogP contribution in [-0.2, 0) is 9.53 Å². The third-order valence-electron chi connectivity index (χ3n) is 3.28. The lowest BCUT2D eigenvalue weighted by molar-refractivity contribution is -0.117. The molecule has 0 saturated heterocycles. The zero-order chi connectivity index (χ0) is 18.2. The first kappa shape index (κ1) is 19.1. The summed E-state index contributed by atoms with van der Waals surface area (Å²) in [6.07, 6.45) is 2.05. The topological polar surface area (TPSA) is 75.3 Å². The first-order valence-corrected chi connectivity index (χ1v) is 8.25. The quantitative estimate of drug-likeness (QED) is 0.442. The van der Waals surface area contributed by atoms with E-state index in [2.05, 4.69) is 5.32 Å². The molecule has 2 rings (SSSR count). The zero-order valence-electron chi connectivity index (χ0n) is 13.5. The van der Waals surface area contributed by atoms with Crippen LogP contribution in [0.4, 0.5) is 0 Å². The summed E-state index contributed by atoms with van der Waals surface area (Å²) in [6, 6.07) is 10.3. The summed E-state index contributed by atoms with van der Waals surface area (Å²) in [6.45, 7) is 0.959. The maximum atomic E-state index is 12.0. The van der Waals surface area contributed by atoms with Gasteiger partial charge in [0, 0.05) is 36.9 Å². The lowest BCUT2D eigenvalue weighted by Crippen LogP contribution is -2.26. The van der Waals surface area contributed by atoms with E-state index in [0.29, 0.717) is 46.7 Å². The molecule has 0 fully saturated rings. The van der Waals surface area contributed by atoms with Crippen LogP contribution in [0.2, 0.25) is 10.0 Å². The molecule has 1 amide bonds. The molecule has 0 aliphatic carbocycles. The summed E-state index contributed by atoms with van der Waals surface area (Å²) < 4.78 is 10.6. The smallest absolute Gasteiger partial charge is 0.262 e. The molecule has 1 aromatic heterocycles. The number of hydrogen-bond acceptors (Lipinski definition) is 4. The minimum absolute atomic E-state index is 0.0458. The van der Waals surface area contributed by atoms with E-state index in [0.717, 1.165) is 0 Å². The Morgan fingerprint density at radius 2 is 2.16 bits per heavy atom. The number of hydrogen-bond donors (Lipinski definition) is 1. The van der Waals surface area contributed by atoms with Crippen molar-refractivity contribution in [2.24, 2.45) is 0 Å². The van der Waals surface area contributed by atoms with Crippen LogP contribution in [0.5, 0.6) is 0 Å². The van der Waals surface area contributed by atoms with Gasteiger partial charge in [-0.3, -0.25) is 4.79 Å². The van der Waals surface area contributed by atoms with Crippen molar-refractivity contribution in [3.63, 3.8) is 0 Å². The summed E-state index contributed by atoms with van der Waals surface area (Å²) in [5.41, 5.74) is 0.590. The molecule has 1 heterocycles. The highest BCUT2D eigenvalue weighted by atomic mass is 35.5. The number of rotatable bonds is 7. The Morgan fingerprint density at radius 1 is 1.36 bits per heavy atom. The van der Waals surface area contributed by atoms with Crippen LogP contribution in [0.3, 0.4) is 0 Å². The fraction of sp³-hybridized carbons (Fsp3) is 0.222. The van der Waals surface area contributed by atoms with E-state index in [1.165, 1.54) is 6.08 Å². The minimum Gasteiger partial charge on any atom is -0.457 e. The predicted octanol–water partition coefficient (Wildman–Crippen LogP) is 4.31. The molecule has 0 saturated carbocycles. The Bertz CT molecular complexity index is 822. The van der Waals surface area contributed by atoms with Crippen molar-refractivity contribution in [1.29, 1.82) is 5.26 Å². The Labute approximate surface area is 155 Å². The van der Waals surface area contributed by atoms with E-state index >= 15 is 0 Å². The van der Waals surface area contributed by atoms with Gasteiger partial charge in [0.1, 0.15) is 23.2 Å². The van der Waals surface area contributed by atoms with Gasteiger partial charge in [0.05, 0.1) is 5.02 Å². The highest BCUT2D eigenvalue weighted by Crippen LogP contribution is 2.32. The largest absolute Gasteiger partial charge is 0.457 e. The lowest BCUT2D eigenvalue weighted by atomic mass is 10.2. The molecular formula is C18H16Cl2N2O3. The van der Waals surface area contributed by atoms with Crippen molar-refractivity contribution in [2.45, 2.75) is 6.42 Å². The molecule has 0 bridgehead atoms. The van der Waals surface area contributed by atoms with Gasteiger partial charge in [-0.25, -0.2) is 0 Å². The van der Waals surface area contributed by atoms with Crippen molar-refractivity contribution in [3.05, 3.63) is 51.7 Å². The summed E-state index contributed by atoms with van der Waals surface area (Å²) in [5.74, 6) is 0.406. The van der Waals surface area contributed by atoms with E-state index in [4.69, 9.17) is 32.4 Å². The standard InChI is InChI=1S/C18H16Cl2N2O3/c1-24-8-2-7-22-18(23)12(11-21)9-14-4-6-17(25-14)15-10-13(19)3-5-16(15)20/h3-6,9-10H,2,7-8H2,1H3,(H,22,23)/b12-9+. The average molecular weight is 379 g/mol. The molecule has 25 heavy (non-hydrogen) atoms. The minimum atomic E-state index is -0.461. The molecule has 5 nitrogen and oxygen atoms in total. The predicted molar refractivity (Wildman–Crippen MR) is 97.3 cm³/mol. The number of furan rings is 1. The van der Waals surface area contributed by atoms with E-state index in [9.17, 15) is 10.1 Å². The Morgan fingerprint density at radius 3 is 2.88 bits per heavy atom. The second-order valence-electron chi connectivity index (χ2n) is 5.10. The molecule has 0 aliphatic rings. The molecule has 0 spiro atoms. The third kappa shape index (κ3) is 5.36. The van der Waals surface area contributed by atoms with Crippen LogP contribution in [0.15, 0.2) is 40.3 Å². The van der Waals surface area contributed by atoms with Crippen LogP contribution in [0.1, 0.15) is 12.2 Å². The number of nitrogens with one attached hydrogen (secondary N) is 1. The van der Waals surface area contributed by atoms with E-state index in [-0.39, 0.29) is 5.57 Å². The number of nitriles is 1. The van der Waals surface area contributed by atoms with Crippen molar-refractivity contribution in [3.8, 4) is 17.4 Å². The van der Waals surface area contributed by atoms with Crippen molar-refractivity contribution < 1.29 is 13.9 Å². The Balaban J connectivity index is 2.14. The van der Waals surface area contributed by atoms with Gasteiger partial charge in [-0.1, -0.05) is 23.2 Å². The van der Waals surface area contributed by atoms with Gasteiger partial charge in [0.15, 0.2) is 0 Å². The van der Waals surface area contributed by atoms with Crippen LogP contribution < -0.4 is 5.32 Å². The van der Waals surface area contributed by atoms with E-state index < -0.39 is 5.91 Å². The van der Waals surface area contributed by atoms with Crippen LogP contribution in [0, 0.1) is 11.3 Å². The molecule has 0 aliphatic heterocycles. The van der Waals surface area contributed by atoms with E-state index in [1.807, 2.05) is 6.07 Å². The molecule has 2 aromatic rings. The Hall–Kier alpha value is -2.26. The number of carbonyl (C=O) groups excluding carboxylic acids is 1. The molecule has 1 aromatic carbocycles. The van der Waals surface area contributed by atoms with Crippen LogP contribution >= 0.6 is 23.2 Å². The first-order valence-electron chi connectivity index (χ1n) is 7.49. The van der Waals surface area contributed by atoms with Gasteiger partial charge in [0.25, 0.3) is 5.91 Å². The van der Waals surface area contributed by atoms with Gasteiger partial charge >= 0.3 is 0 Å². The number of amides is 1. The number of methoxy groups -OCH3 is 1. The SMILES string of the molecule is COCCCNC(=O)/C(C#N)=C/c1ccc(-c2cc(Cl)ccc2Cl)o1. The highest BCUT2D eigenvalue weighted by Gasteiger charge is 2.12. The van der Waals surface area contributed by atoms with E-state index in [1.54, 1.807) is 37.4 Å². The highest BCUT2D eigenvalue weighted by molar-refractivity contribution is 6.35. The first-order chi connectivity index (χ1) is 12.0. The summed E-state index contributed by atoms with van der Waals surface area (Å²) in [5, 5.41) is 12.9. The van der Waals surface area contributed by atoms with Gasteiger partial charge < -0.3 is 14.5 Å². The fourth-order valence-corrected chi connectivity index (χ4v) is 2.45. The molecular weight excluding hydrogens is 363 g/mol. The number of nitrogens with zero attached hydrogens (tertiary/aromatic N) is 1. The molecule has 0 unspecified atom stereocenters. The lowest BCUT2D eigenvalue weighted by Gasteiger charge is -2.03. The van der Waals surface area contributed by atoms with Gasteiger partial charge in [-0.2, -0.15) is 5.26 Å². The molecule has 130 valence electrons. The summed E-state index contributed by atoms with van der Waals surface area (Å²) >= 11 is 12.1. The van der Waals surface area contributed by atoms with Gasteiger partial charge in [-0.15, -0.1) is 0 Å². The summed E-state index contributed by atoms with van der Waals surface area (Å²) in [7, 11) is 1.59. The maximum absolute atomic E-state index is 12.0. The van der Waals surface area contributed by atoms with Crippen LogP contribution in [-0.4, -0.2) is 26.2 Å². The van der Waals surface area contributed by atoms with Crippen molar-refractivity contribution in [1.82, 2.24) is 5.32 Å². The van der Waals surface area contributed by atoms with Gasteiger partial charge in [0.2, 0.25) is 0 Å². The molecule has 0 radical (unpaired) electrons. The van der Waals surface area contributed by atoms with Gasteiger partial charge in [-0.05, 0) is 36.8 Å². The second-order valence-corrected chi connectivity index (χ2v) is 5.94. The molecule has 0 atom stereocenters. The number of benzene rings is 1. The number of ether oxygens (including phenoxy) is 1. The van der Waals surface area contributed by atoms with Crippen LogP contribution in [0.25, 0.3) is 17.4 Å². The second kappa shape index (κ2) is 9.28. The fourth-order valence-electron chi connectivity index (χ4n) is 2.07. The maximum Gasteiger partial charge on any atom is 0.262 e. The van der Waals surface area contributed by atoms with Crippen molar-refractivity contribution in [2.75, 3.05) is 20.3 Å². The Kier molecular flexibility index (Phi) is 7.08. The normalized spacial score (nSPS) is 11.2. The van der Waals surface area contributed by atoms with Crippen molar-refractivity contribution >= 4 is 35.2 Å². The zero-order valence-corrected chi connectivity index (χ0v) is 15.0. The number of halogens is 2. The number of carbonyl (C=O) groups is 1. The third-order valence-corrected chi connectivity index (χ3v) is 3.85. The monoisotopic (exact) mass is 378 g/mol. The summed E-state index contributed by atoms with van der Waals surface area (Å²) in [4.78, 5) is 12.0. The molecule has 7 heteroatoms. The molecule has 1 N–H and O–H groups in total. The average Bonchev–Trinajstić information content (AvgIpc) is 3.07.